The van der Waals surface area contributed by atoms with Gasteiger partial charge >= 0.3 is 0 Å². The van der Waals surface area contributed by atoms with E-state index in [0.717, 1.165) is 37.8 Å². The number of thioether (sulfide) groups is 1. The third kappa shape index (κ3) is 4.51. The lowest BCUT2D eigenvalue weighted by atomic mass is 10.1. The summed E-state index contributed by atoms with van der Waals surface area (Å²) >= 11 is 10.7. The highest BCUT2D eigenvalue weighted by Crippen LogP contribution is 2.36. The Morgan fingerprint density at radius 2 is 2.00 bits per heavy atom. The molecule has 0 spiro atoms. The molecule has 1 saturated heterocycles. The van der Waals surface area contributed by atoms with E-state index in [-0.39, 0.29) is 11.1 Å². The smallest absolute Gasteiger partial charge is 0.293 e. The summed E-state index contributed by atoms with van der Waals surface area (Å²) in [6.07, 6.45) is 4.09. The second-order valence-corrected chi connectivity index (χ2v) is 8.36. The number of rotatable bonds is 6. The van der Waals surface area contributed by atoms with Gasteiger partial charge in [0.05, 0.1) is 9.38 Å². The van der Waals surface area contributed by atoms with E-state index < -0.39 is 0 Å². The monoisotopic (exact) mass is 477 g/mol. The van der Waals surface area contributed by atoms with Crippen LogP contribution in [-0.4, -0.2) is 23.1 Å². The molecule has 0 radical (unpaired) electrons. The first kappa shape index (κ1) is 20.7. The third-order valence-corrected chi connectivity index (χ3v) is 6.04. The zero-order valence-electron chi connectivity index (χ0n) is 15.1. The van der Waals surface area contributed by atoms with Gasteiger partial charge in [-0.25, -0.2) is 0 Å². The van der Waals surface area contributed by atoms with Crippen molar-refractivity contribution < 1.29 is 14.3 Å². The minimum absolute atomic E-state index is 0.277. The van der Waals surface area contributed by atoms with Crippen LogP contribution in [0.3, 0.4) is 0 Å². The molecule has 1 aliphatic rings. The molecule has 1 aliphatic heterocycles. The van der Waals surface area contributed by atoms with Gasteiger partial charge < -0.3 is 4.74 Å². The molecule has 2 amide bonds. The highest BCUT2D eigenvalue weighted by molar-refractivity contribution is 9.10. The van der Waals surface area contributed by atoms with Crippen LogP contribution in [0.2, 0.25) is 5.02 Å². The fourth-order valence-electron chi connectivity index (χ4n) is 2.69. The molecule has 0 atom stereocenters. The first-order valence-electron chi connectivity index (χ1n) is 8.41. The molecule has 2 aromatic rings. The number of amides is 2. The molecule has 0 bridgehead atoms. The Morgan fingerprint density at radius 1 is 1.25 bits per heavy atom. The number of benzene rings is 2. The lowest BCUT2D eigenvalue weighted by Crippen LogP contribution is -2.22. The molecule has 0 saturated carbocycles. The van der Waals surface area contributed by atoms with Crippen molar-refractivity contribution in [3.8, 4) is 5.75 Å². The van der Waals surface area contributed by atoms with Gasteiger partial charge in [-0.3, -0.25) is 14.5 Å². The van der Waals surface area contributed by atoms with Crippen LogP contribution in [0, 0.1) is 0 Å². The number of carbonyl (C=O) groups is 2. The number of hydrogen-bond acceptors (Lipinski definition) is 4. The van der Waals surface area contributed by atoms with Crippen LogP contribution < -0.4 is 4.74 Å². The summed E-state index contributed by atoms with van der Waals surface area (Å²) in [4.78, 5) is 25.3. The van der Waals surface area contributed by atoms with E-state index in [1.54, 1.807) is 12.2 Å². The van der Waals surface area contributed by atoms with Crippen molar-refractivity contribution in [1.82, 2.24) is 4.90 Å². The molecule has 1 heterocycles. The molecular weight excluding hydrogens is 462 g/mol. The molecule has 3 rings (SSSR count). The maximum absolute atomic E-state index is 12.1. The Hall–Kier alpha value is -2.02. The normalized spacial score (nSPS) is 15.4. The van der Waals surface area contributed by atoms with Gasteiger partial charge in [0, 0.05) is 17.6 Å². The van der Waals surface area contributed by atoms with E-state index >= 15 is 0 Å². The highest BCUT2D eigenvalue weighted by Gasteiger charge is 2.31. The van der Waals surface area contributed by atoms with Crippen molar-refractivity contribution >= 4 is 56.5 Å². The predicted molar refractivity (Wildman–Crippen MR) is 118 cm³/mol. The van der Waals surface area contributed by atoms with Crippen LogP contribution in [0.25, 0.3) is 6.08 Å². The Bertz CT molecular complexity index is 990. The third-order valence-electron chi connectivity index (χ3n) is 4.12. The lowest BCUT2D eigenvalue weighted by molar-refractivity contribution is -0.121. The number of carbonyl (C=O) groups excluding carboxylic acids is 2. The van der Waals surface area contributed by atoms with E-state index in [1.165, 1.54) is 7.05 Å². The predicted octanol–water partition coefficient (Wildman–Crippen LogP) is 6.08. The zero-order chi connectivity index (χ0) is 20.3. The van der Waals surface area contributed by atoms with Crippen LogP contribution in [0.15, 0.2) is 58.4 Å². The van der Waals surface area contributed by atoms with Gasteiger partial charge in [0.25, 0.3) is 11.1 Å². The van der Waals surface area contributed by atoms with E-state index in [1.807, 2.05) is 36.4 Å². The van der Waals surface area contributed by atoms with Crippen LogP contribution in [0.5, 0.6) is 5.75 Å². The summed E-state index contributed by atoms with van der Waals surface area (Å²) in [5, 5.41) is 0.372. The van der Waals surface area contributed by atoms with Gasteiger partial charge in [-0.15, -0.1) is 6.58 Å². The number of hydrogen-bond donors (Lipinski definition) is 0. The molecule has 0 unspecified atom stereocenters. The topological polar surface area (TPSA) is 46.6 Å². The fraction of sp³-hybridized carbons (Fsp3) is 0.143. The quantitative estimate of drug-likeness (QED) is 0.373. The summed E-state index contributed by atoms with van der Waals surface area (Å²) in [7, 11) is 1.48. The number of likely N-dealkylation sites (N-methyl/N-ethyl adjacent to an activating group) is 1. The number of halogens is 2. The summed E-state index contributed by atoms with van der Waals surface area (Å²) in [5.41, 5.74) is 2.60. The number of imide groups is 1. The van der Waals surface area contributed by atoms with E-state index in [9.17, 15) is 9.59 Å². The standard InChI is InChI=1S/C21H17BrClNO3S/c1-3-6-14-9-13(11-18-20(25)24(2)21(26)28-18)10-16(22)19(14)27-12-15-7-4-5-8-17(15)23/h3-5,7-11H,1,6,12H2,2H3/b18-11-. The highest BCUT2D eigenvalue weighted by atomic mass is 79.9. The SMILES string of the molecule is C=CCc1cc(/C=C2\SC(=O)N(C)C2=O)cc(Br)c1OCc1ccccc1Cl. The van der Waals surface area contributed by atoms with Crippen molar-refractivity contribution in [2.75, 3.05) is 7.05 Å². The van der Waals surface area contributed by atoms with Crippen molar-refractivity contribution in [1.29, 1.82) is 0 Å². The van der Waals surface area contributed by atoms with Crippen LogP contribution in [0.4, 0.5) is 4.79 Å². The van der Waals surface area contributed by atoms with Gasteiger partial charge in [0.1, 0.15) is 12.4 Å². The molecule has 7 heteroatoms. The molecule has 0 aromatic heterocycles. The van der Waals surface area contributed by atoms with Crippen molar-refractivity contribution in [3.05, 3.63) is 80.1 Å². The second-order valence-electron chi connectivity index (χ2n) is 6.10. The Labute approximate surface area is 181 Å². The van der Waals surface area contributed by atoms with Gasteiger partial charge in [-0.05, 0) is 69.5 Å². The maximum Gasteiger partial charge on any atom is 0.293 e. The summed E-state index contributed by atoms with van der Waals surface area (Å²) < 4.78 is 6.78. The molecule has 28 heavy (non-hydrogen) atoms. The van der Waals surface area contributed by atoms with Crippen molar-refractivity contribution in [2.24, 2.45) is 0 Å². The molecule has 4 nitrogen and oxygen atoms in total. The van der Waals surface area contributed by atoms with E-state index in [4.69, 9.17) is 16.3 Å². The summed E-state index contributed by atoms with van der Waals surface area (Å²) in [6, 6.07) is 11.3. The average molecular weight is 479 g/mol. The number of ether oxygens (including phenoxy) is 1. The van der Waals surface area contributed by atoms with Crippen molar-refractivity contribution in [3.63, 3.8) is 0 Å². The van der Waals surface area contributed by atoms with E-state index in [0.29, 0.717) is 28.7 Å². The largest absolute Gasteiger partial charge is 0.487 e. The molecule has 1 fully saturated rings. The van der Waals surface area contributed by atoms with Gasteiger partial charge in [0.2, 0.25) is 0 Å². The van der Waals surface area contributed by atoms with Gasteiger partial charge in [0.15, 0.2) is 0 Å². The molecule has 144 valence electrons. The first-order valence-corrected chi connectivity index (χ1v) is 10.4. The Morgan fingerprint density at radius 3 is 2.64 bits per heavy atom. The second kappa shape index (κ2) is 8.99. The average Bonchev–Trinajstić information content (AvgIpc) is 2.89. The summed E-state index contributed by atoms with van der Waals surface area (Å²) in [6.45, 7) is 4.14. The summed E-state index contributed by atoms with van der Waals surface area (Å²) in [5.74, 6) is 0.399. The molecule has 0 N–H and O–H groups in total. The lowest BCUT2D eigenvalue weighted by Gasteiger charge is -2.15. The Balaban J connectivity index is 1.90. The van der Waals surface area contributed by atoms with Crippen molar-refractivity contribution in [2.45, 2.75) is 13.0 Å². The zero-order valence-corrected chi connectivity index (χ0v) is 18.2. The van der Waals surface area contributed by atoms with Gasteiger partial charge in [-0.1, -0.05) is 35.9 Å². The molecular formula is C21H17BrClNO3S. The van der Waals surface area contributed by atoms with Gasteiger partial charge in [-0.2, -0.15) is 0 Å². The van der Waals surface area contributed by atoms with Crippen LogP contribution in [0.1, 0.15) is 16.7 Å². The van der Waals surface area contributed by atoms with E-state index in [2.05, 4.69) is 22.5 Å². The Kier molecular flexibility index (Phi) is 6.65. The number of nitrogens with zero attached hydrogens (tertiary/aromatic N) is 1. The minimum atomic E-state index is -0.296. The minimum Gasteiger partial charge on any atom is -0.487 e. The maximum atomic E-state index is 12.1. The van der Waals surface area contributed by atoms with Crippen LogP contribution >= 0.6 is 39.3 Å². The van der Waals surface area contributed by atoms with Crippen LogP contribution in [-0.2, 0) is 17.8 Å². The molecule has 0 aliphatic carbocycles. The first-order chi connectivity index (χ1) is 13.4. The molecule has 2 aromatic carbocycles. The number of allylic oxidation sites excluding steroid dienone is 1. The fourth-order valence-corrected chi connectivity index (χ4v) is 4.34.